The fraction of sp³-hybridized carbons (Fsp3) is 0.269. The van der Waals surface area contributed by atoms with Crippen LogP contribution in [-0.4, -0.2) is 64.9 Å². The summed E-state index contributed by atoms with van der Waals surface area (Å²) in [5, 5.41) is 6.37. The molecule has 1 N–H and O–H groups in total. The van der Waals surface area contributed by atoms with Crippen molar-refractivity contribution in [2.24, 2.45) is 0 Å². The fourth-order valence-electron chi connectivity index (χ4n) is 4.79. The molecule has 4 aromatic rings. The molecule has 2 fully saturated rings. The van der Waals surface area contributed by atoms with Gasteiger partial charge in [-0.2, -0.15) is 0 Å². The number of likely N-dealkylation sites (tertiary alicyclic amines) is 2. The Hall–Kier alpha value is -3.14. The van der Waals surface area contributed by atoms with E-state index >= 15 is 4.39 Å². The van der Waals surface area contributed by atoms with Crippen LogP contribution in [0, 0.1) is 5.82 Å². The smallest absolute Gasteiger partial charge is 0.282 e. The number of halogens is 1. The number of carbonyl (C=O) groups is 2. The summed E-state index contributed by atoms with van der Waals surface area (Å²) in [6.07, 6.45) is 2.52. The largest absolute Gasteiger partial charge is 0.335 e. The van der Waals surface area contributed by atoms with Gasteiger partial charge in [0.1, 0.15) is 4.88 Å². The van der Waals surface area contributed by atoms with Crippen molar-refractivity contribution in [1.82, 2.24) is 20.1 Å². The zero-order valence-corrected chi connectivity index (χ0v) is 20.4. The molecule has 2 aliphatic rings. The van der Waals surface area contributed by atoms with Gasteiger partial charge in [0.25, 0.3) is 11.8 Å². The van der Waals surface area contributed by atoms with E-state index in [2.05, 4.69) is 10.3 Å². The van der Waals surface area contributed by atoms with Gasteiger partial charge in [0.15, 0.2) is 10.8 Å². The minimum atomic E-state index is -0.434. The number of hydrogen-bond acceptors (Lipinski definition) is 6. The zero-order chi connectivity index (χ0) is 23.9. The molecule has 2 aliphatic heterocycles. The van der Waals surface area contributed by atoms with E-state index in [4.69, 9.17) is 0 Å². The molecule has 2 aromatic carbocycles. The molecule has 0 bridgehead atoms. The summed E-state index contributed by atoms with van der Waals surface area (Å²) in [7, 11) is 0. The molecule has 35 heavy (non-hydrogen) atoms. The van der Waals surface area contributed by atoms with Gasteiger partial charge in [-0.25, -0.2) is 9.37 Å². The number of carbonyl (C=O) groups excluding carboxylic acids is 2. The number of hydrogen-bond donors (Lipinski definition) is 1. The SMILES string of the molecule is O=C(c1nccs1)N1CCC(NC2CN(C(=O)c3sc4ccc(-c5ccccc5)cc4c3F)C2)C1. The molecule has 6 rings (SSSR count). The number of rotatable bonds is 5. The minimum Gasteiger partial charge on any atom is -0.335 e. The summed E-state index contributed by atoms with van der Waals surface area (Å²) in [6, 6.07) is 15.9. The van der Waals surface area contributed by atoms with Crippen molar-refractivity contribution in [2.45, 2.75) is 18.5 Å². The van der Waals surface area contributed by atoms with Crippen molar-refractivity contribution in [1.29, 1.82) is 0 Å². The van der Waals surface area contributed by atoms with E-state index in [1.54, 1.807) is 16.5 Å². The third-order valence-electron chi connectivity index (χ3n) is 6.66. The number of thiazole rings is 1. The van der Waals surface area contributed by atoms with Crippen LogP contribution in [0.1, 0.15) is 25.9 Å². The van der Waals surface area contributed by atoms with Crippen molar-refractivity contribution < 1.29 is 14.0 Å². The Morgan fingerprint density at radius 2 is 1.77 bits per heavy atom. The normalized spacial score (nSPS) is 18.3. The molecular formula is C26H23FN4O2S2. The van der Waals surface area contributed by atoms with Gasteiger partial charge in [0.2, 0.25) is 0 Å². The molecule has 0 radical (unpaired) electrons. The monoisotopic (exact) mass is 506 g/mol. The molecule has 2 amide bonds. The molecular weight excluding hydrogens is 483 g/mol. The Morgan fingerprint density at radius 3 is 2.54 bits per heavy atom. The minimum absolute atomic E-state index is 0.0228. The molecule has 2 aromatic heterocycles. The van der Waals surface area contributed by atoms with Crippen LogP contribution in [0.5, 0.6) is 0 Å². The number of fused-ring (bicyclic) bond motifs is 1. The summed E-state index contributed by atoms with van der Waals surface area (Å²) < 4.78 is 16.0. The third kappa shape index (κ3) is 4.24. The maximum Gasteiger partial charge on any atom is 0.282 e. The lowest BCUT2D eigenvalue weighted by Gasteiger charge is -2.40. The maximum absolute atomic E-state index is 15.3. The van der Waals surface area contributed by atoms with Crippen LogP contribution in [0.25, 0.3) is 21.2 Å². The van der Waals surface area contributed by atoms with Gasteiger partial charge in [0.05, 0.1) is 0 Å². The van der Waals surface area contributed by atoms with Crippen molar-refractivity contribution in [3.63, 3.8) is 0 Å². The van der Waals surface area contributed by atoms with Crippen LogP contribution >= 0.6 is 22.7 Å². The summed E-state index contributed by atoms with van der Waals surface area (Å²) in [6.45, 7) is 2.42. The van der Waals surface area contributed by atoms with Crippen LogP contribution in [0.15, 0.2) is 60.1 Å². The molecule has 2 saturated heterocycles. The molecule has 0 spiro atoms. The molecule has 1 unspecified atom stereocenters. The predicted octanol–water partition coefficient (Wildman–Crippen LogP) is 4.49. The lowest BCUT2D eigenvalue weighted by molar-refractivity contribution is 0.0553. The molecule has 1 atom stereocenters. The van der Waals surface area contributed by atoms with Crippen molar-refractivity contribution in [3.8, 4) is 11.1 Å². The van der Waals surface area contributed by atoms with Crippen LogP contribution in [0.2, 0.25) is 0 Å². The predicted molar refractivity (Wildman–Crippen MR) is 136 cm³/mol. The van der Waals surface area contributed by atoms with E-state index in [1.165, 1.54) is 22.7 Å². The first-order valence-electron chi connectivity index (χ1n) is 11.6. The van der Waals surface area contributed by atoms with Gasteiger partial charge in [-0.1, -0.05) is 36.4 Å². The standard InChI is InChI=1S/C26H23FN4O2S2/c27-22-20-12-17(16-4-2-1-3-5-16)6-7-21(20)35-23(22)25(32)31-14-19(15-31)29-18-8-10-30(13-18)26(33)24-28-9-11-34-24/h1-7,9,11-12,18-19,29H,8,10,13-15H2. The fourth-order valence-corrected chi connectivity index (χ4v) is 6.42. The Kier molecular flexibility index (Phi) is 5.83. The lowest BCUT2D eigenvalue weighted by atomic mass is 10.0. The highest BCUT2D eigenvalue weighted by Gasteiger charge is 2.37. The average Bonchev–Trinajstić information content (AvgIpc) is 3.62. The molecule has 9 heteroatoms. The molecule has 178 valence electrons. The number of nitrogens with one attached hydrogen (secondary N) is 1. The summed E-state index contributed by atoms with van der Waals surface area (Å²) in [4.78, 5) is 33.3. The van der Waals surface area contributed by atoms with E-state index in [0.29, 0.717) is 36.6 Å². The molecule has 6 nitrogen and oxygen atoms in total. The van der Waals surface area contributed by atoms with Gasteiger partial charge in [-0.05, 0) is 29.7 Å². The van der Waals surface area contributed by atoms with Gasteiger partial charge >= 0.3 is 0 Å². The number of thiophene rings is 1. The number of nitrogens with zero attached hydrogens (tertiary/aromatic N) is 3. The first-order chi connectivity index (χ1) is 17.1. The second-order valence-corrected chi connectivity index (χ2v) is 10.9. The number of benzene rings is 2. The second kappa shape index (κ2) is 9.14. The summed E-state index contributed by atoms with van der Waals surface area (Å²) >= 11 is 2.57. The second-order valence-electron chi connectivity index (χ2n) is 8.97. The van der Waals surface area contributed by atoms with E-state index in [9.17, 15) is 9.59 Å². The first-order valence-corrected chi connectivity index (χ1v) is 13.3. The van der Waals surface area contributed by atoms with Gasteiger partial charge in [-0.15, -0.1) is 22.7 Å². The van der Waals surface area contributed by atoms with Crippen molar-refractivity contribution >= 4 is 44.6 Å². The molecule has 4 heterocycles. The Bertz CT molecular complexity index is 1380. The van der Waals surface area contributed by atoms with E-state index in [1.807, 2.05) is 53.4 Å². The quantitative estimate of drug-likeness (QED) is 0.433. The number of aromatic nitrogens is 1. The van der Waals surface area contributed by atoms with Crippen molar-refractivity contribution in [2.75, 3.05) is 26.2 Å². The van der Waals surface area contributed by atoms with E-state index in [-0.39, 0.29) is 28.8 Å². The Balaban J connectivity index is 1.07. The van der Waals surface area contributed by atoms with Crippen LogP contribution in [0.4, 0.5) is 4.39 Å². The summed E-state index contributed by atoms with van der Waals surface area (Å²) in [5.41, 5.74) is 1.95. The highest BCUT2D eigenvalue weighted by atomic mass is 32.1. The number of amides is 2. The van der Waals surface area contributed by atoms with Gasteiger partial charge < -0.3 is 15.1 Å². The van der Waals surface area contributed by atoms with E-state index < -0.39 is 5.82 Å². The van der Waals surface area contributed by atoms with E-state index in [0.717, 1.165) is 22.2 Å². The molecule has 0 aliphatic carbocycles. The first kappa shape index (κ1) is 22.3. The highest BCUT2D eigenvalue weighted by Crippen LogP contribution is 2.34. The average molecular weight is 507 g/mol. The third-order valence-corrected chi connectivity index (χ3v) is 8.55. The van der Waals surface area contributed by atoms with Crippen LogP contribution in [0.3, 0.4) is 0 Å². The Labute approximate surface area is 210 Å². The lowest BCUT2D eigenvalue weighted by Crippen LogP contribution is -2.62. The van der Waals surface area contributed by atoms with Crippen LogP contribution in [-0.2, 0) is 0 Å². The topological polar surface area (TPSA) is 65.5 Å². The Morgan fingerprint density at radius 1 is 0.971 bits per heavy atom. The molecule has 0 saturated carbocycles. The zero-order valence-electron chi connectivity index (χ0n) is 18.8. The van der Waals surface area contributed by atoms with Crippen molar-refractivity contribution in [3.05, 3.63) is 75.8 Å². The van der Waals surface area contributed by atoms with Crippen LogP contribution < -0.4 is 5.32 Å². The maximum atomic E-state index is 15.3. The highest BCUT2D eigenvalue weighted by molar-refractivity contribution is 7.20. The van der Waals surface area contributed by atoms with Gasteiger partial charge in [-0.3, -0.25) is 9.59 Å². The van der Waals surface area contributed by atoms with Gasteiger partial charge in [0, 0.05) is 59.9 Å². The summed E-state index contributed by atoms with van der Waals surface area (Å²) in [5.74, 6) is -0.711.